The Morgan fingerprint density at radius 2 is 2.12 bits per heavy atom. The highest BCUT2D eigenvalue weighted by Gasteiger charge is 2.32. The van der Waals surface area contributed by atoms with Crippen molar-refractivity contribution in [3.05, 3.63) is 47.7 Å². The molecular weight excluding hydrogens is 402 g/mol. The van der Waals surface area contributed by atoms with Gasteiger partial charge in [-0.15, -0.1) is 0 Å². The van der Waals surface area contributed by atoms with E-state index in [-0.39, 0.29) is 5.41 Å². The summed E-state index contributed by atoms with van der Waals surface area (Å²) in [5.74, 6) is 3.01. The van der Waals surface area contributed by atoms with Crippen LogP contribution in [0.2, 0.25) is 0 Å². The van der Waals surface area contributed by atoms with Gasteiger partial charge in [0.05, 0.1) is 6.20 Å². The van der Waals surface area contributed by atoms with Gasteiger partial charge in [0.2, 0.25) is 11.8 Å². The molecule has 0 saturated carbocycles. The lowest BCUT2D eigenvalue weighted by Gasteiger charge is -2.23. The van der Waals surface area contributed by atoms with E-state index in [1.807, 2.05) is 4.90 Å². The van der Waals surface area contributed by atoms with Crippen LogP contribution in [0.3, 0.4) is 0 Å². The van der Waals surface area contributed by atoms with E-state index in [0.29, 0.717) is 30.7 Å². The number of para-hydroxylation sites is 1. The molecule has 1 aromatic heterocycles. The van der Waals surface area contributed by atoms with Crippen LogP contribution in [0, 0.1) is 0 Å². The third-order valence-corrected chi connectivity index (χ3v) is 6.24. The van der Waals surface area contributed by atoms with Crippen LogP contribution >= 0.6 is 0 Å². The minimum Gasteiger partial charge on any atom is -0.443 e. The SMILES string of the molecule is CCNC(=NCc1ncc(C(C)(C)C)o1)N1CC(CCN2CCCC2=O)c2ccccc21. The number of nitrogens with one attached hydrogen (secondary N) is 1. The van der Waals surface area contributed by atoms with Gasteiger partial charge < -0.3 is 19.5 Å². The first-order valence-corrected chi connectivity index (χ1v) is 11.7. The summed E-state index contributed by atoms with van der Waals surface area (Å²) in [6, 6.07) is 8.54. The number of aliphatic imine (C=N–C) groups is 1. The lowest BCUT2D eigenvalue weighted by atomic mass is 9.94. The van der Waals surface area contributed by atoms with Crippen molar-refractivity contribution in [2.75, 3.05) is 31.1 Å². The average Bonchev–Trinajstić information content (AvgIpc) is 3.48. The van der Waals surface area contributed by atoms with Gasteiger partial charge >= 0.3 is 0 Å². The zero-order valence-electron chi connectivity index (χ0n) is 19.7. The number of carbonyl (C=O) groups excluding carboxylic acids is 1. The highest BCUT2D eigenvalue weighted by atomic mass is 16.4. The van der Waals surface area contributed by atoms with E-state index in [1.54, 1.807) is 6.20 Å². The van der Waals surface area contributed by atoms with E-state index in [9.17, 15) is 4.79 Å². The van der Waals surface area contributed by atoms with Gasteiger partial charge in [0.1, 0.15) is 12.3 Å². The van der Waals surface area contributed by atoms with Crippen LogP contribution in [0.4, 0.5) is 5.69 Å². The number of oxazole rings is 1. The fraction of sp³-hybridized carbons (Fsp3) is 0.560. The molecule has 1 fully saturated rings. The van der Waals surface area contributed by atoms with Crippen LogP contribution in [-0.2, 0) is 16.8 Å². The zero-order chi connectivity index (χ0) is 22.7. The van der Waals surface area contributed by atoms with Gasteiger partial charge in [-0.2, -0.15) is 0 Å². The van der Waals surface area contributed by atoms with Crippen LogP contribution in [0.5, 0.6) is 0 Å². The van der Waals surface area contributed by atoms with Crippen molar-refractivity contribution in [2.45, 2.75) is 64.8 Å². The Kier molecular flexibility index (Phi) is 6.53. The lowest BCUT2D eigenvalue weighted by molar-refractivity contribution is -0.127. The summed E-state index contributed by atoms with van der Waals surface area (Å²) in [7, 11) is 0. The molecule has 1 atom stereocenters. The standard InChI is InChI=1S/C25H35N5O2/c1-5-26-24(28-16-22-27-15-21(32-22)25(2,3)4)30-17-18(19-9-6-7-10-20(19)30)12-14-29-13-8-11-23(29)31/h6-7,9-10,15,18H,5,8,11-14,16-17H2,1-4H3,(H,26,28). The predicted octanol–water partition coefficient (Wildman–Crippen LogP) is 4.05. The molecule has 2 aromatic rings. The lowest BCUT2D eigenvalue weighted by Crippen LogP contribution is -2.41. The van der Waals surface area contributed by atoms with Crippen molar-refractivity contribution >= 4 is 17.6 Å². The number of guanidine groups is 1. The fourth-order valence-corrected chi connectivity index (χ4v) is 4.46. The first kappa shape index (κ1) is 22.4. The van der Waals surface area contributed by atoms with E-state index in [0.717, 1.165) is 50.7 Å². The molecule has 1 unspecified atom stereocenters. The van der Waals surface area contributed by atoms with Crippen LogP contribution in [0.25, 0.3) is 0 Å². The summed E-state index contributed by atoms with van der Waals surface area (Å²) in [4.78, 5) is 25.6. The maximum absolute atomic E-state index is 12.0. The summed E-state index contributed by atoms with van der Waals surface area (Å²) in [6.45, 7) is 12.2. The molecule has 32 heavy (non-hydrogen) atoms. The maximum atomic E-state index is 12.0. The minimum atomic E-state index is -0.0721. The molecule has 1 N–H and O–H groups in total. The summed E-state index contributed by atoms with van der Waals surface area (Å²) in [6.07, 6.45) is 4.45. The smallest absolute Gasteiger partial charge is 0.222 e. The second-order valence-corrected chi connectivity index (χ2v) is 9.68. The van der Waals surface area contributed by atoms with Crippen molar-refractivity contribution < 1.29 is 9.21 Å². The minimum absolute atomic E-state index is 0.0721. The summed E-state index contributed by atoms with van der Waals surface area (Å²) in [5, 5.41) is 3.44. The van der Waals surface area contributed by atoms with E-state index in [1.165, 1.54) is 11.3 Å². The third-order valence-electron chi connectivity index (χ3n) is 6.24. The summed E-state index contributed by atoms with van der Waals surface area (Å²) < 4.78 is 5.93. The van der Waals surface area contributed by atoms with Crippen LogP contribution < -0.4 is 10.2 Å². The third kappa shape index (κ3) is 4.81. The number of hydrogen-bond acceptors (Lipinski definition) is 4. The highest BCUT2D eigenvalue weighted by Crippen LogP contribution is 2.38. The van der Waals surface area contributed by atoms with Gasteiger partial charge in [-0.25, -0.2) is 9.98 Å². The number of benzene rings is 1. The van der Waals surface area contributed by atoms with Crippen molar-refractivity contribution in [1.29, 1.82) is 0 Å². The molecule has 7 heteroatoms. The van der Waals surface area contributed by atoms with Gasteiger partial charge in [0, 0.05) is 49.6 Å². The number of anilines is 1. The van der Waals surface area contributed by atoms with E-state index < -0.39 is 0 Å². The number of rotatable bonds is 6. The molecule has 1 amide bonds. The molecule has 2 aliphatic heterocycles. The molecule has 0 radical (unpaired) electrons. The second-order valence-electron chi connectivity index (χ2n) is 9.68. The Hall–Kier alpha value is -2.83. The molecule has 1 aromatic carbocycles. The summed E-state index contributed by atoms with van der Waals surface area (Å²) in [5.41, 5.74) is 2.45. The van der Waals surface area contributed by atoms with E-state index in [4.69, 9.17) is 9.41 Å². The van der Waals surface area contributed by atoms with Crippen LogP contribution in [0.15, 0.2) is 39.9 Å². The molecule has 7 nitrogen and oxygen atoms in total. The molecule has 2 aliphatic rings. The number of hydrogen-bond donors (Lipinski definition) is 1. The molecule has 0 aliphatic carbocycles. The van der Waals surface area contributed by atoms with Gasteiger partial charge in [0.25, 0.3) is 0 Å². The molecule has 3 heterocycles. The quantitative estimate of drug-likeness (QED) is 0.545. The molecular formula is C25H35N5O2. The number of fused-ring (bicyclic) bond motifs is 1. The maximum Gasteiger partial charge on any atom is 0.222 e. The zero-order valence-corrected chi connectivity index (χ0v) is 19.7. The van der Waals surface area contributed by atoms with Gasteiger partial charge in [-0.05, 0) is 31.4 Å². The first-order chi connectivity index (χ1) is 15.4. The molecule has 1 saturated heterocycles. The van der Waals surface area contributed by atoms with Crippen LogP contribution in [-0.4, -0.2) is 47.9 Å². The Bertz CT molecular complexity index is 975. The molecule has 172 valence electrons. The number of nitrogens with zero attached hydrogens (tertiary/aromatic N) is 4. The van der Waals surface area contributed by atoms with E-state index >= 15 is 0 Å². The fourth-order valence-electron chi connectivity index (χ4n) is 4.46. The highest BCUT2D eigenvalue weighted by molar-refractivity contribution is 5.98. The molecule has 0 spiro atoms. The monoisotopic (exact) mass is 437 g/mol. The first-order valence-electron chi connectivity index (χ1n) is 11.7. The van der Waals surface area contributed by atoms with Crippen molar-refractivity contribution in [3.8, 4) is 0 Å². The summed E-state index contributed by atoms with van der Waals surface area (Å²) >= 11 is 0. The second kappa shape index (κ2) is 9.35. The van der Waals surface area contributed by atoms with Crippen LogP contribution in [0.1, 0.15) is 70.1 Å². The normalized spacial score (nSPS) is 19.1. The molecule has 4 rings (SSSR count). The van der Waals surface area contributed by atoms with Gasteiger partial charge in [-0.1, -0.05) is 39.0 Å². The largest absolute Gasteiger partial charge is 0.443 e. The van der Waals surface area contributed by atoms with Crippen molar-refractivity contribution in [2.24, 2.45) is 4.99 Å². The number of aromatic nitrogens is 1. The Morgan fingerprint density at radius 3 is 2.81 bits per heavy atom. The number of carbonyl (C=O) groups is 1. The topological polar surface area (TPSA) is 74.0 Å². The Morgan fingerprint density at radius 1 is 1.31 bits per heavy atom. The Labute approximate surface area is 190 Å². The average molecular weight is 438 g/mol. The predicted molar refractivity (Wildman–Crippen MR) is 127 cm³/mol. The van der Waals surface area contributed by atoms with Gasteiger partial charge in [0.15, 0.2) is 5.96 Å². The van der Waals surface area contributed by atoms with Gasteiger partial charge in [-0.3, -0.25) is 4.79 Å². The van der Waals surface area contributed by atoms with Crippen molar-refractivity contribution in [3.63, 3.8) is 0 Å². The van der Waals surface area contributed by atoms with E-state index in [2.05, 4.69) is 67.2 Å². The molecule has 0 bridgehead atoms. The number of likely N-dealkylation sites (tertiary alicyclic amines) is 1. The number of amides is 1. The Balaban J connectivity index is 1.51. The van der Waals surface area contributed by atoms with Crippen molar-refractivity contribution in [1.82, 2.24) is 15.2 Å².